The number of rotatable bonds is 16. The predicted molar refractivity (Wildman–Crippen MR) is 327 cm³/mol. The molecule has 0 saturated carbocycles. The zero-order valence-electron chi connectivity index (χ0n) is 45.3. The minimum Gasteiger partial charge on any atom is -0.437 e. The Labute approximate surface area is 509 Å². The van der Waals surface area contributed by atoms with E-state index >= 15 is 0 Å². The Hall–Kier alpha value is -6.05. The molecule has 432 valence electrons. The lowest BCUT2D eigenvalue weighted by molar-refractivity contribution is 0.460. The fourth-order valence-corrected chi connectivity index (χ4v) is 8.52. The van der Waals surface area contributed by atoms with Gasteiger partial charge in [0.25, 0.3) is 0 Å². The van der Waals surface area contributed by atoms with Gasteiger partial charge in [-0.2, -0.15) is 10.5 Å². The molecule has 4 fully saturated rings. The Balaban J connectivity index is 0.000000146. The van der Waals surface area contributed by atoms with E-state index in [2.05, 4.69) is 78.0 Å². The zero-order chi connectivity index (χ0) is 60.5. The number of nitrogens with zero attached hydrogens (tertiary/aromatic N) is 6. The summed E-state index contributed by atoms with van der Waals surface area (Å²) in [5.41, 5.74) is 23.5. The number of fused-ring (bicyclic) bond motifs is 2. The molecule has 4 aliphatic rings. The van der Waals surface area contributed by atoms with E-state index in [0.717, 1.165) is 51.6 Å². The van der Waals surface area contributed by atoms with E-state index in [1.54, 1.807) is 50.0 Å². The molecule has 6 aromatic carbocycles. The summed E-state index contributed by atoms with van der Waals surface area (Å²) in [5.74, 6) is -0.618. The molecule has 0 aliphatic carbocycles. The number of hydrogen-bond donors (Lipinski definition) is 7. The highest BCUT2D eigenvalue weighted by Crippen LogP contribution is 2.27. The first kappa shape index (κ1) is 65.5. The van der Waals surface area contributed by atoms with Crippen LogP contribution in [0.5, 0.6) is 0 Å². The van der Waals surface area contributed by atoms with Crippen molar-refractivity contribution in [3.63, 3.8) is 0 Å². The maximum atomic E-state index is 13.4. The van der Waals surface area contributed by atoms with Gasteiger partial charge in [-0.05, 0) is 152 Å². The summed E-state index contributed by atoms with van der Waals surface area (Å²) in [4.78, 5) is 0. The maximum Gasteiger partial charge on any atom is 0.398 e. The van der Waals surface area contributed by atoms with E-state index in [1.807, 2.05) is 54.6 Å². The predicted octanol–water partition coefficient (Wildman–Crippen LogP) is 7.98. The van der Waals surface area contributed by atoms with Crippen molar-refractivity contribution in [2.75, 3.05) is 37.5 Å². The Morgan fingerprint density at radius 1 is 0.560 bits per heavy atom. The molecular weight excluding hydrogens is 1290 g/mol. The van der Waals surface area contributed by atoms with E-state index in [4.69, 9.17) is 65.4 Å². The third-order valence-electron chi connectivity index (χ3n) is 12.5. The summed E-state index contributed by atoms with van der Waals surface area (Å²) < 4.78 is 88.6. The maximum absolute atomic E-state index is 13.4. The molecule has 12 rings (SSSR count). The lowest BCUT2D eigenvalue weighted by Crippen LogP contribution is -2.36. The SMILES string of the molecule is CB(O)NCc1ccc(C#N)c(F)c1.CB(O)NCc1ccc2c(N)noc2c1.Fc1cc(CBr)ccc1Br.Fc1cc(CN(B2CO2)B2CO2)ccc1Br.N#Cc1ccc(CN(B2CO2)B2CO2)cc1F.NCc1ccc2c(N)noc2c1. The number of aromatic nitrogens is 2. The molecule has 0 unspecified atom stereocenters. The molecular formula is C52H54B6Br3F4N11O8. The third-order valence-corrected chi connectivity index (χ3v) is 14.4. The highest BCUT2D eigenvalue weighted by atomic mass is 79.9. The van der Waals surface area contributed by atoms with E-state index < -0.39 is 25.7 Å². The van der Waals surface area contributed by atoms with Crippen LogP contribution in [0, 0.1) is 45.9 Å². The minimum atomic E-state index is -0.631. The average molecular weight is 1340 g/mol. The topological polar surface area (TPSA) is 299 Å². The average Bonchev–Trinajstić information content (AvgIpc) is 4.45. The van der Waals surface area contributed by atoms with E-state index in [1.165, 1.54) is 30.3 Å². The second-order valence-electron chi connectivity index (χ2n) is 19.1. The lowest BCUT2D eigenvalue weighted by atomic mass is 9.76. The second kappa shape index (κ2) is 31.9. The monoisotopic (exact) mass is 1340 g/mol. The van der Waals surface area contributed by atoms with Gasteiger partial charge in [0.2, 0.25) is 0 Å². The van der Waals surface area contributed by atoms with Crippen LogP contribution in [0.1, 0.15) is 44.5 Å². The third kappa shape index (κ3) is 20.6. The Bertz CT molecular complexity index is 3540. The smallest absolute Gasteiger partial charge is 0.398 e. The summed E-state index contributed by atoms with van der Waals surface area (Å²) in [6.07, 6.45) is 0. The van der Waals surface area contributed by atoms with E-state index in [-0.39, 0.29) is 51.0 Å². The van der Waals surface area contributed by atoms with Gasteiger partial charge in [-0.1, -0.05) is 62.6 Å². The fourth-order valence-electron chi connectivity index (χ4n) is 7.68. The van der Waals surface area contributed by atoms with Crippen molar-refractivity contribution < 1.29 is 55.3 Å². The van der Waals surface area contributed by atoms with Gasteiger partial charge in [0.15, 0.2) is 22.8 Å². The number of anilines is 2. The molecule has 0 radical (unpaired) electrons. The second-order valence-corrected chi connectivity index (χ2v) is 21.4. The number of nitriles is 2. The highest BCUT2D eigenvalue weighted by molar-refractivity contribution is 9.10. The van der Waals surface area contributed by atoms with Crippen LogP contribution in [-0.2, 0) is 56.7 Å². The van der Waals surface area contributed by atoms with Gasteiger partial charge in [-0.25, -0.2) is 17.6 Å². The normalized spacial score (nSPS) is 13.2. The number of benzene rings is 6. The van der Waals surface area contributed by atoms with Crippen LogP contribution in [-0.4, -0.2) is 98.1 Å². The van der Waals surface area contributed by atoms with Crippen molar-refractivity contribution in [2.45, 2.75) is 51.7 Å². The number of nitrogens with two attached hydrogens (primary N) is 3. The quantitative estimate of drug-likeness (QED) is 0.0209. The molecule has 8 aromatic rings. The number of halogens is 7. The van der Waals surface area contributed by atoms with Crippen LogP contribution >= 0.6 is 47.8 Å². The fraction of sp³-hybridized carbons (Fsp3) is 0.231. The van der Waals surface area contributed by atoms with Gasteiger partial charge >= 0.3 is 42.3 Å². The van der Waals surface area contributed by atoms with Crippen molar-refractivity contribution in [1.29, 1.82) is 10.5 Å². The molecule has 84 heavy (non-hydrogen) atoms. The molecule has 0 bridgehead atoms. The van der Waals surface area contributed by atoms with E-state index in [9.17, 15) is 17.6 Å². The largest absolute Gasteiger partial charge is 0.437 e. The first-order valence-electron chi connectivity index (χ1n) is 26.0. The summed E-state index contributed by atoms with van der Waals surface area (Å²) in [6, 6.07) is 34.1. The lowest BCUT2D eigenvalue weighted by Gasteiger charge is -2.15. The molecule has 0 amide bonds. The Kier molecular flexibility index (Phi) is 24.9. The summed E-state index contributed by atoms with van der Waals surface area (Å²) in [7, 11) is -0.657. The Morgan fingerprint density at radius 3 is 1.29 bits per heavy atom. The number of alkyl halides is 1. The first-order chi connectivity index (χ1) is 40.4. The minimum absolute atomic E-state index is 0.0331. The van der Waals surface area contributed by atoms with Gasteiger partial charge in [0.1, 0.15) is 35.4 Å². The van der Waals surface area contributed by atoms with Crippen LogP contribution in [0.2, 0.25) is 13.6 Å². The molecule has 4 aliphatic heterocycles. The van der Waals surface area contributed by atoms with Gasteiger partial charge in [0.05, 0.1) is 56.9 Å². The molecule has 4 saturated heterocycles. The van der Waals surface area contributed by atoms with Crippen molar-refractivity contribution >= 4 is 124 Å². The van der Waals surface area contributed by atoms with Crippen LogP contribution in [0.3, 0.4) is 0 Å². The van der Waals surface area contributed by atoms with Gasteiger partial charge in [-0.3, -0.25) is 0 Å². The van der Waals surface area contributed by atoms with Gasteiger partial charge in [-0.15, -0.1) is 0 Å². The van der Waals surface area contributed by atoms with Crippen LogP contribution < -0.4 is 27.7 Å². The van der Waals surface area contributed by atoms with Gasteiger partial charge < -0.3 is 74.8 Å². The highest BCUT2D eigenvalue weighted by Gasteiger charge is 2.50. The first-order valence-corrected chi connectivity index (χ1v) is 28.7. The van der Waals surface area contributed by atoms with Crippen LogP contribution in [0.15, 0.2) is 127 Å². The zero-order valence-corrected chi connectivity index (χ0v) is 50.1. The molecule has 2 aromatic heterocycles. The molecule has 0 atom stereocenters. The van der Waals surface area contributed by atoms with E-state index in [0.29, 0.717) is 88.4 Å². The van der Waals surface area contributed by atoms with Crippen molar-refractivity contribution in [3.05, 3.63) is 186 Å². The summed E-state index contributed by atoms with van der Waals surface area (Å²) in [5, 5.41) is 50.4. The molecule has 32 heteroatoms. The van der Waals surface area contributed by atoms with Crippen LogP contribution in [0.25, 0.3) is 21.9 Å². The number of hydrogen-bond acceptors (Lipinski definition) is 19. The molecule has 19 nitrogen and oxygen atoms in total. The van der Waals surface area contributed by atoms with Crippen molar-refractivity contribution in [1.82, 2.24) is 30.2 Å². The van der Waals surface area contributed by atoms with Crippen molar-refractivity contribution in [2.24, 2.45) is 5.73 Å². The van der Waals surface area contributed by atoms with Gasteiger partial charge in [0, 0.05) is 38.1 Å². The Morgan fingerprint density at radius 2 is 0.905 bits per heavy atom. The molecule has 10 N–H and O–H groups in total. The number of nitrogens with one attached hydrogen (secondary N) is 2. The van der Waals surface area contributed by atoms with Crippen molar-refractivity contribution in [3.8, 4) is 12.1 Å². The summed E-state index contributed by atoms with van der Waals surface area (Å²) in [6.45, 7) is 8.86. The summed E-state index contributed by atoms with van der Waals surface area (Å²) >= 11 is 9.44. The number of nitrogen functional groups attached to an aromatic ring is 2. The molecule has 6 heterocycles. The van der Waals surface area contributed by atoms with Crippen LogP contribution in [0.4, 0.5) is 29.2 Å². The standard InChI is InChI=1S/C10H9B2FN2O2.C9H9B2BrFNO2.C9H10BFN2O.C9H12BN3O2.C8H9N3O.C7H5Br2F/c13-10-3-8(1-2-9(10)4-14)5-15(11-6-16-11)12-7-17-12;12-8-2-1-7(3-9(8)13)4-14(10-5-15-10)11-6-16-11;1-10(14)13-6-7-2-3-8(5-12)9(11)4-7;1-10(14)12-5-6-2-3-7-8(4-6)15-13-9(7)11;9-4-5-1-2-6-7(3-5)12-11-8(6)10;8-4-5-1-2-6(9)7(10)3-5/h1-3H,5-7H2;1-3H,4-6H2;2-4,13-14H,6H2,1H3;2-4,12,14H,5H2,1H3,(H2,11,13);1-3H,4,9H2,(H2,10,11);1-3H,4H2. The molecule has 0 spiro atoms.